The highest BCUT2D eigenvalue weighted by atomic mass is 32.2. The summed E-state index contributed by atoms with van der Waals surface area (Å²) in [4.78, 5) is 38.3. The smallest absolute Gasteiger partial charge is 0.359 e. The van der Waals surface area contributed by atoms with Crippen LogP contribution in [-0.2, 0) is 19.1 Å². The molecule has 4 aromatic carbocycles. The van der Waals surface area contributed by atoms with Gasteiger partial charge in [0, 0.05) is 20.9 Å². The minimum Gasteiger partial charge on any atom is -0.464 e. The lowest BCUT2D eigenvalue weighted by Gasteiger charge is -2.14. The van der Waals surface area contributed by atoms with Gasteiger partial charge in [-0.1, -0.05) is 86.6 Å². The Morgan fingerprint density at radius 2 is 0.886 bits per heavy atom. The van der Waals surface area contributed by atoms with Crippen LogP contribution in [0.1, 0.15) is 26.7 Å². The molecule has 226 valence electrons. The van der Waals surface area contributed by atoms with Crippen LogP contribution >= 0.6 is 23.5 Å². The van der Waals surface area contributed by atoms with Crippen LogP contribution in [0.2, 0.25) is 0 Å². The highest BCUT2D eigenvalue weighted by Crippen LogP contribution is 2.39. The van der Waals surface area contributed by atoms with Crippen molar-refractivity contribution in [3.05, 3.63) is 97.1 Å². The van der Waals surface area contributed by atoms with Gasteiger partial charge in [0.2, 0.25) is 0 Å². The van der Waals surface area contributed by atoms with E-state index < -0.39 is 11.9 Å². The van der Waals surface area contributed by atoms with Crippen molar-refractivity contribution in [3.63, 3.8) is 0 Å². The van der Waals surface area contributed by atoms with Gasteiger partial charge in [0.25, 0.3) is 0 Å². The number of nitrogens with zero attached hydrogens (tertiary/aromatic N) is 2. The van der Waals surface area contributed by atoms with Crippen LogP contribution in [-0.4, -0.2) is 49.1 Å². The van der Waals surface area contributed by atoms with Crippen LogP contribution in [0.15, 0.2) is 117 Å². The maximum absolute atomic E-state index is 13.3. The molecule has 8 heteroatoms. The predicted octanol–water partition coefficient (Wildman–Crippen LogP) is 9.22. The molecule has 0 saturated heterocycles. The van der Waals surface area contributed by atoms with Crippen molar-refractivity contribution in [2.45, 2.75) is 36.5 Å². The molecule has 0 bridgehead atoms. The second kappa shape index (κ2) is 16.6. The maximum Gasteiger partial charge on any atom is 0.359 e. The number of thioether (sulfide) groups is 2. The van der Waals surface area contributed by atoms with E-state index in [4.69, 9.17) is 19.5 Å². The number of benzene rings is 4. The largest absolute Gasteiger partial charge is 0.464 e. The molecule has 0 heterocycles. The van der Waals surface area contributed by atoms with Crippen molar-refractivity contribution in [3.8, 4) is 22.3 Å². The normalized spacial score (nSPS) is 11.7. The number of esters is 2. The molecule has 0 saturated carbocycles. The molecule has 44 heavy (non-hydrogen) atoms. The highest BCUT2D eigenvalue weighted by molar-refractivity contribution is 7.99. The molecule has 0 radical (unpaired) electrons. The number of hydrogen-bond acceptors (Lipinski definition) is 8. The summed E-state index contributed by atoms with van der Waals surface area (Å²) in [5.41, 5.74) is 4.13. The second-order valence-electron chi connectivity index (χ2n) is 9.63. The van der Waals surface area contributed by atoms with Gasteiger partial charge >= 0.3 is 11.9 Å². The molecule has 4 rings (SSSR count). The van der Waals surface area contributed by atoms with Gasteiger partial charge < -0.3 is 9.47 Å². The first-order chi connectivity index (χ1) is 21.5. The van der Waals surface area contributed by atoms with Crippen molar-refractivity contribution >= 4 is 58.3 Å². The van der Waals surface area contributed by atoms with Gasteiger partial charge in [-0.3, -0.25) is 0 Å². The predicted molar refractivity (Wildman–Crippen MR) is 184 cm³/mol. The Morgan fingerprint density at radius 3 is 1.25 bits per heavy atom. The summed E-state index contributed by atoms with van der Waals surface area (Å²) >= 11 is 3.53. The van der Waals surface area contributed by atoms with Gasteiger partial charge in [0.15, 0.2) is 11.4 Å². The van der Waals surface area contributed by atoms with Crippen LogP contribution in [0.5, 0.6) is 0 Å². The minimum absolute atomic E-state index is 0.242. The van der Waals surface area contributed by atoms with Gasteiger partial charge in [0.05, 0.1) is 25.6 Å². The summed E-state index contributed by atoms with van der Waals surface area (Å²) in [6.07, 6.45) is 2.07. The Balaban J connectivity index is 1.91. The molecule has 0 amide bonds. The number of methoxy groups -OCH3 is 2. The summed E-state index contributed by atoms with van der Waals surface area (Å²) in [6.45, 7) is 4.29. The first kappa shape index (κ1) is 32.8. The van der Waals surface area contributed by atoms with Crippen LogP contribution in [0.25, 0.3) is 22.3 Å². The van der Waals surface area contributed by atoms with E-state index in [1.807, 2.05) is 84.9 Å². The van der Waals surface area contributed by atoms with Crippen molar-refractivity contribution in [2.24, 2.45) is 9.98 Å². The first-order valence-corrected chi connectivity index (χ1v) is 16.5. The van der Waals surface area contributed by atoms with E-state index >= 15 is 0 Å². The fraction of sp³-hybridized carbons (Fsp3) is 0.222. The summed E-state index contributed by atoms with van der Waals surface area (Å²) in [7, 11) is 2.51. The average molecular weight is 625 g/mol. The standard InChI is InChI=1S/C36H36N2O4S2/c1-5-23-43-31-21-13-9-17-27(31)25-15-7-11-19-29(25)37-33(35(39)41-3)34(36(40)42-4)38-30-20-12-8-16-26(30)28-18-10-14-22-32(28)44-24-6-2/h7-22H,5-6,23-24H2,1-4H3. The van der Waals surface area contributed by atoms with E-state index in [0.29, 0.717) is 11.4 Å². The molecular formula is C36H36N2O4S2. The summed E-state index contributed by atoms with van der Waals surface area (Å²) in [6, 6.07) is 31.2. The number of carbonyl (C=O) groups excluding carboxylic acids is 2. The molecule has 0 spiro atoms. The Morgan fingerprint density at radius 1 is 0.545 bits per heavy atom. The summed E-state index contributed by atoms with van der Waals surface area (Å²) in [5, 5.41) is 0. The molecule has 0 unspecified atom stereocenters. The molecule has 0 N–H and O–H groups in total. The summed E-state index contributed by atoms with van der Waals surface area (Å²) in [5.74, 6) is 0.339. The monoisotopic (exact) mass is 624 g/mol. The van der Waals surface area contributed by atoms with E-state index in [1.165, 1.54) is 14.2 Å². The Kier molecular flexibility index (Phi) is 12.4. The quantitative estimate of drug-likeness (QED) is 0.0838. The van der Waals surface area contributed by atoms with Crippen molar-refractivity contribution < 1.29 is 19.1 Å². The fourth-order valence-electron chi connectivity index (χ4n) is 4.48. The number of carbonyl (C=O) groups is 2. The number of rotatable bonds is 13. The molecule has 0 aliphatic carbocycles. The van der Waals surface area contributed by atoms with Crippen LogP contribution < -0.4 is 0 Å². The molecule has 4 aromatic rings. The fourth-order valence-corrected chi connectivity index (χ4v) is 6.34. The molecule has 6 nitrogen and oxygen atoms in total. The summed E-state index contributed by atoms with van der Waals surface area (Å²) < 4.78 is 10.3. The third-order valence-electron chi connectivity index (χ3n) is 6.53. The Bertz CT molecular complexity index is 1540. The average Bonchev–Trinajstić information content (AvgIpc) is 3.08. The third kappa shape index (κ3) is 8.07. The maximum atomic E-state index is 13.3. The molecule has 0 fully saturated rings. The number of aliphatic imine (C=N–C) groups is 2. The van der Waals surface area contributed by atoms with Gasteiger partial charge in [0.1, 0.15) is 0 Å². The Labute approximate surface area is 268 Å². The zero-order chi connectivity index (χ0) is 31.3. The Hall–Kier alpha value is -4.14. The highest BCUT2D eigenvalue weighted by Gasteiger charge is 2.28. The van der Waals surface area contributed by atoms with Gasteiger partial charge in [-0.2, -0.15) is 0 Å². The first-order valence-electron chi connectivity index (χ1n) is 14.5. The lowest BCUT2D eigenvalue weighted by Crippen LogP contribution is -2.32. The van der Waals surface area contributed by atoms with E-state index in [-0.39, 0.29) is 11.4 Å². The zero-order valence-electron chi connectivity index (χ0n) is 25.4. The van der Waals surface area contributed by atoms with Crippen LogP contribution in [0.3, 0.4) is 0 Å². The zero-order valence-corrected chi connectivity index (χ0v) is 27.0. The lowest BCUT2D eigenvalue weighted by atomic mass is 10.0. The number of hydrogen-bond donors (Lipinski definition) is 0. The van der Waals surface area contributed by atoms with Crippen molar-refractivity contribution in [1.29, 1.82) is 0 Å². The molecule has 0 aliphatic heterocycles. The molecule has 0 aliphatic rings. The third-order valence-corrected chi connectivity index (χ3v) is 9.09. The lowest BCUT2D eigenvalue weighted by molar-refractivity contribution is -0.134. The van der Waals surface area contributed by atoms with E-state index in [1.54, 1.807) is 23.5 Å². The van der Waals surface area contributed by atoms with Gasteiger partial charge in [-0.15, -0.1) is 23.5 Å². The molecule has 0 atom stereocenters. The number of ether oxygens (including phenoxy) is 2. The SMILES string of the molecule is CCCSc1ccccc1-c1ccccc1N=C(C(=O)OC)C(=Nc1ccccc1-c1ccccc1SCCC)C(=O)OC. The molecular weight excluding hydrogens is 589 g/mol. The van der Waals surface area contributed by atoms with Gasteiger partial charge in [-0.25, -0.2) is 19.6 Å². The molecule has 0 aromatic heterocycles. The van der Waals surface area contributed by atoms with E-state index in [9.17, 15) is 9.59 Å². The van der Waals surface area contributed by atoms with Gasteiger partial charge in [-0.05, 0) is 59.7 Å². The topological polar surface area (TPSA) is 77.3 Å². The van der Waals surface area contributed by atoms with E-state index in [2.05, 4.69) is 26.0 Å². The number of para-hydroxylation sites is 2. The van der Waals surface area contributed by atoms with Crippen LogP contribution in [0, 0.1) is 0 Å². The van der Waals surface area contributed by atoms with Crippen molar-refractivity contribution in [1.82, 2.24) is 0 Å². The van der Waals surface area contributed by atoms with E-state index in [0.717, 1.165) is 56.4 Å². The van der Waals surface area contributed by atoms with Crippen LogP contribution in [0.4, 0.5) is 11.4 Å². The second-order valence-corrected chi connectivity index (χ2v) is 11.9. The van der Waals surface area contributed by atoms with Crippen molar-refractivity contribution in [2.75, 3.05) is 25.7 Å². The minimum atomic E-state index is -0.797.